The lowest BCUT2D eigenvalue weighted by molar-refractivity contribution is -0.127. The van der Waals surface area contributed by atoms with Crippen LogP contribution < -0.4 is 11.1 Å². The lowest BCUT2D eigenvalue weighted by Crippen LogP contribution is -2.54. The van der Waals surface area contributed by atoms with E-state index in [1.807, 2.05) is 34.6 Å². The fourth-order valence-electron chi connectivity index (χ4n) is 2.15. The van der Waals surface area contributed by atoms with Gasteiger partial charge >= 0.3 is 0 Å². The summed E-state index contributed by atoms with van der Waals surface area (Å²) < 4.78 is 0. The molecule has 0 heterocycles. The van der Waals surface area contributed by atoms with Crippen LogP contribution in [-0.2, 0) is 4.79 Å². The van der Waals surface area contributed by atoms with Gasteiger partial charge in [-0.3, -0.25) is 4.79 Å². The standard InChI is InChI=1S/C14H30N2O2/c1-7-8-14(6,15)12(18)16-9-13(4,5)11(17)10(2)3/h10-11,17H,7-9,15H2,1-6H3,(H,16,18). The smallest absolute Gasteiger partial charge is 0.239 e. The molecule has 0 aliphatic carbocycles. The Kier molecular flexibility index (Phi) is 6.30. The highest BCUT2D eigenvalue weighted by atomic mass is 16.3. The molecule has 4 N–H and O–H groups in total. The molecule has 2 atom stereocenters. The van der Waals surface area contributed by atoms with E-state index in [1.54, 1.807) is 6.92 Å². The van der Waals surface area contributed by atoms with Gasteiger partial charge in [0.25, 0.3) is 0 Å². The van der Waals surface area contributed by atoms with E-state index in [-0.39, 0.29) is 17.2 Å². The Balaban J connectivity index is 4.44. The third-order valence-corrected chi connectivity index (χ3v) is 3.42. The van der Waals surface area contributed by atoms with E-state index in [0.29, 0.717) is 13.0 Å². The summed E-state index contributed by atoms with van der Waals surface area (Å²) in [5.74, 6) is 0.0187. The van der Waals surface area contributed by atoms with E-state index < -0.39 is 11.6 Å². The summed E-state index contributed by atoms with van der Waals surface area (Å²) in [6.07, 6.45) is 1.08. The number of aliphatic hydroxyl groups is 1. The summed E-state index contributed by atoms with van der Waals surface area (Å²) in [6.45, 7) is 12.0. The van der Waals surface area contributed by atoms with Crippen LogP contribution in [0.15, 0.2) is 0 Å². The molecule has 4 heteroatoms. The number of carbonyl (C=O) groups is 1. The minimum atomic E-state index is -0.826. The molecule has 0 aromatic carbocycles. The number of amides is 1. The van der Waals surface area contributed by atoms with Gasteiger partial charge in [-0.05, 0) is 19.3 Å². The minimum Gasteiger partial charge on any atom is -0.392 e. The van der Waals surface area contributed by atoms with Crippen LogP contribution in [0, 0.1) is 11.3 Å². The Bertz CT molecular complexity index is 273. The third-order valence-electron chi connectivity index (χ3n) is 3.42. The molecule has 0 saturated carbocycles. The van der Waals surface area contributed by atoms with Crippen LogP contribution in [0.3, 0.4) is 0 Å². The first-order valence-corrected chi connectivity index (χ1v) is 6.80. The number of carbonyl (C=O) groups excluding carboxylic acids is 1. The summed E-state index contributed by atoms with van der Waals surface area (Å²) in [7, 11) is 0. The molecule has 18 heavy (non-hydrogen) atoms. The highest BCUT2D eigenvalue weighted by Gasteiger charge is 2.33. The van der Waals surface area contributed by atoms with E-state index in [2.05, 4.69) is 5.32 Å². The molecule has 0 bridgehead atoms. The van der Waals surface area contributed by atoms with Crippen LogP contribution in [0.4, 0.5) is 0 Å². The zero-order valence-corrected chi connectivity index (χ0v) is 12.7. The second kappa shape index (κ2) is 6.53. The summed E-state index contributed by atoms with van der Waals surface area (Å²) in [5.41, 5.74) is 4.78. The fraction of sp³-hybridized carbons (Fsp3) is 0.929. The summed E-state index contributed by atoms with van der Waals surface area (Å²) in [5, 5.41) is 13.0. The second-order valence-corrected chi connectivity index (χ2v) is 6.53. The first-order chi connectivity index (χ1) is 8.04. The van der Waals surface area contributed by atoms with Crippen molar-refractivity contribution in [2.75, 3.05) is 6.54 Å². The fourth-order valence-corrected chi connectivity index (χ4v) is 2.15. The van der Waals surface area contributed by atoms with Gasteiger partial charge in [0.2, 0.25) is 5.91 Å². The predicted molar refractivity (Wildman–Crippen MR) is 75.1 cm³/mol. The minimum absolute atomic E-state index is 0.145. The van der Waals surface area contributed by atoms with Crippen LogP contribution in [0.1, 0.15) is 54.4 Å². The van der Waals surface area contributed by atoms with Crippen LogP contribution in [-0.4, -0.2) is 29.2 Å². The quantitative estimate of drug-likeness (QED) is 0.650. The van der Waals surface area contributed by atoms with Crippen molar-refractivity contribution in [1.82, 2.24) is 5.32 Å². The van der Waals surface area contributed by atoms with Crippen molar-refractivity contribution in [2.24, 2.45) is 17.1 Å². The Morgan fingerprint density at radius 2 is 1.83 bits per heavy atom. The Hall–Kier alpha value is -0.610. The van der Waals surface area contributed by atoms with Crippen molar-refractivity contribution in [3.8, 4) is 0 Å². The van der Waals surface area contributed by atoms with Gasteiger partial charge in [-0.1, -0.05) is 41.0 Å². The van der Waals surface area contributed by atoms with Gasteiger partial charge in [0.05, 0.1) is 11.6 Å². The van der Waals surface area contributed by atoms with Crippen molar-refractivity contribution in [3.63, 3.8) is 0 Å². The first-order valence-electron chi connectivity index (χ1n) is 6.80. The number of nitrogens with one attached hydrogen (secondary N) is 1. The third kappa shape index (κ3) is 4.94. The van der Waals surface area contributed by atoms with Gasteiger partial charge in [0.15, 0.2) is 0 Å². The Morgan fingerprint density at radius 3 is 2.22 bits per heavy atom. The highest BCUT2D eigenvalue weighted by Crippen LogP contribution is 2.25. The van der Waals surface area contributed by atoms with E-state index in [1.165, 1.54) is 0 Å². The van der Waals surface area contributed by atoms with Gasteiger partial charge in [0, 0.05) is 12.0 Å². The average Bonchev–Trinajstić information content (AvgIpc) is 2.24. The van der Waals surface area contributed by atoms with E-state index in [9.17, 15) is 9.90 Å². The maximum atomic E-state index is 12.0. The first kappa shape index (κ1) is 17.4. The van der Waals surface area contributed by atoms with Crippen molar-refractivity contribution < 1.29 is 9.90 Å². The lowest BCUT2D eigenvalue weighted by Gasteiger charge is -2.34. The SMILES string of the molecule is CCCC(C)(N)C(=O)NCC(C)(C)C(O)C(C)C. The topological polar surface area (TPSA) is 75.4 Å². The zero-order chi connectivity index (χ0) is 14.6. The number of aliphatic hydroxyl groups excluding tert-OH is 1. The van der Waals surface area contributed by atoms with Gasteiger partial charge < -0.3 is 16.2 Å². The molecule has 0 radical (unpaired) electrons. The number of hydrogen-bond donors (Lipinski definition) is 3. The van der Waals surface area contributed by atoms with E-state index in [0.717, 1.165) is 6.42 Å². The molecule has 0 aliphatic rings. The summed E-state index contributed by atoms with van der Waals surface area (Å²) in [6, 6.07) is 0. The number of nitrogens with two attached hydrogens (primary N) is 1. The van der Waals surface area contributed by atoms with Crippen molar-refractivity contribution in [1.29, 1.82) is 0 Å². The molecule has 0 fully saturated rings. The molecule has 108 valence electrons. The molecule has 0 spiro atoms. The predicted octanol–water partition coefficient (Wildman–Crippen LogP) is 1.66. The molecule has 4 nitrogen and oxygen atoms in total. The van der Waals surface area contributed by atoms with Crippen molar-refractivity contribution >= 4 is 5.91 Å². The Morgan fingerprint density at radius 1 is 1.33 bits per heavy atom. The zero-order valence-electron chi connectivity index (χ0n) is 12.7. The van der Waals surface area contributed by atoms with Gasteiger partial charge in [-0.2, -0.15) is 0 Å². The largest absolute Gasteiger partial charge is 0.392 e. The van der Waals surface area contributed by atoms with Gasteiger partial charge in [-0.15, -0.1) is 0 Å². The number of rotatable bonds is 7. The molecule has 0 aromatic rings. The molecule has 2 unspecified atom stereocenters. The monoisotopic (exact) mass is 258 g/mol. The highest BCUT2D eigenvalue weighted by molar-refractivity contribution is 5.85. The average molecular weight is 258 g/mol. The van der Waals surface area contributed by atoms with Crippen LogP contribution in [0.2, 0.25) is 0 Å². The van der Waals surface area contributed by atoms with Gasteiger partial charge in [-0.25, -0.2) is 0 Å². The second-order valence-electron chi connectivity index (χ2n) is 6.53. The lowest BCUT2D eigenvalue weighted by atomic mass is 9.80. The summed E-state index contributed by atoms with van der Waals surface area (Å²) >= 11 is 0. The van der Waals surface area contributed by atoms with Crippen LogP contribution >= 0.6 is 0 Å². The molecular formula is C14H30N2O2. The number of hydrogen-bond acceptors (Lipinski definition) is 3. The molecule has 0 rings (SSSR count). The summed E-state index contributed by atoms with van der Waals surface area (Å²) in [4.78, 5) is 12.0. The molecule has 0 aromatic heterocycles. The van der Waals surface area contributed by atoms with E-state index in [4.69, 9.17) is 5.73 Å². The Labute approximate surface area is 111 Å². The molecule has 0 aliphatic heterocycles. The molecule has 0 saturated heterocycles. The van der Waals surface area contributed by atoms with Gasteiger partial charge in [0.1, 0.15) is 0 Å². The van der Waals surface area contributed by atoms with Crippen LogP contribution in [0.25, 0.3) is 0 Å². The van der Waals surface area contributed by atoms with Crippen molar-refractivity contribution in [2.45, 2.75) is 66.0 Å². The van der Waals surface area contributed by atoms with Crippen LogP contribution in [0.5, 0.6) is 0 Å². The molecule has 1 amide bonds. The molecular weight excluding hydrogens is 228 g/mol. The van der Waals surface area contributed by atoms with E-state index >= 15 is 0 Å². The maximum Gasteiger partial charge on any atom is 0.239 e. The maximum absolute atomic E-state index is 12.0. The van der Waals surface area contributed by atoms with Crippen molar-refractivity contribution in [3.05, 3.63) is 0 Å². The normalized spacial score (nSPS) is 17.4.